The van der Waals surface area contributed by atoms with Crippen molar-refractivity contribution in [1.29, 1.82) is 0 Å². The Labute approximate surface area is 135 Å². The van der Waals surface area contributed by atoms with Crippen LogP contribution in [0.5, 0.6) is 0 Å². The fourth-order valence-electron chi connectivity index (χ4n) is 1.95. The first-order valence-corrected chi connectivity index (χ1v) is 7.39. The third kappa shape index (κ3) is 4.03. The summed E-state index contributed by atoms with van der Waals surface area (Å²) in [5, 5.41) is 2.82. The number of anilines is 1. The Hall–Kier alpha value is -1.43. The summed E-state index contributed by atoms with van der Waals surface area (Å²) in [6.07, 6.45) is 0.174. The molecular weight excluding hydrogens is 359 g/mol. The molecule has 0 saturated carbocycles. The van der Waals surface area contributed by atoms with Crippen molar-refractivity contribution >= 4 is 39.1 Å². The van der Waals surface area contributed by atoms with E-state index in [2.05, 4.69) is 21.2 Å². The molecular formula is C15H13BrClFN2O. The SMILES string of the molecule is NCc1ccccc1CC(=O)Nc1c(Cl)cc(F)cc1Br. The van der Waals surface area contributed by atoms with Crippen LogP contribution in [-0.4, -0.2) is 5.91 Å². The second kappa shape index (κ2) is 7.02. The Morgan fingerprint density at radius 2 is 1.95 bits per heavy atom. The maximum absolute atomic E-state index is 13.2. The molecule has 21 heavy (non-hydrogen) atoms. The average molecular weight is 372 g/mol. The van der Waals surface area contributed by atoms with Crippen molar-refractivity contribution in [2.75, 3.05) is 5.32 Å². The van der Waals surface area contributed by atoms with Gasteiger partial charge in [-0.25, -0.2) is 4.39 Å². The van der Waals surface area contributed by atoms with Crippen LogP contribution < -0.4 is 11.1 Å². The van der Waals surface area contributed by atoms with Gasteiger partial charge in [0.25, 0.3) is 0 Å². The zero-order valence-corrected chi connectivity index (χ0v) is 13.3. The van der Waals surface area contributed by atoms with Crippen LogP contribution in [-0.2, 0) is 17.8 Å². The van der Waals surface area contributed by atoms with E-state index in [0.29, 0.717) is 16.7 Å². The Morgan fingerprint density at radius 3 is 2.57 bits per heavy atom. The molecule has 0 spiro atoms. The van der Waals surface area contributed by atoms with Gasteiger partial charge in [-0.2, -0.15) is 0 Å². The summed E-state index contributed by atoms with van der Waals surface area (Å²) in [4.78, 5) is 12.1. The molecule has 0 fully saturated rings. The van der Waals surface area contributed by atoms with Crippen molar-refractivity contribution in [2.45, 2.75) is 13.0 Å². The topological polar surface area (TPSA) is 55.1 Å². The van der Waals surface area contributed by atoms with Crippen molar-refractivity contribution in [3.05, 3.63) is 62.8 Å². The van der Waals surface area contributed by atoms with Gasteiger partial charge in [0, 0.05) is 11.0 Å². The predicted molar refractivity (Wildman–Crippen MR) is 85.8 cm³/mol. The lowest BCUT2D eigenvalue weighted by atomic mass is 10.0. The van der Waals surface area contributed by atoms with Crippen molar-refractivity contribution in [3.8, 4) is 0 Å². The number of rotatable bonds is 4. The summed E-state index contributed by atoms with van der Waals surface area (Å²) in [5.41, 5.74) is 7.76. The summed E-state index contributed by atoms with van der Waals surface area (Å²) in [7, 11) is 0. The molecule has 0 bridgehead atoms. The first kappa shape index (κ1) is 15.9. The van der Waals surface area contributed by atoms with Gasteiger partial charge in [0.2, 0.25) is 5.91 Å². The Morgan fingerprint density at radius 1 is 1.29 bits per heavy atom. The number of amides is 1. The highest BCUT2D eigenvalue weighted by Crippen LogP contribution is 2.31. The molecule has 0 saturated heterocycles. The van der Waals surface area contributed by atoms with Crippen molar-refractivity contribution in [2.24, 2.45) is 5.73 Å². The fourth-order valence-corrected chi connectivity index (χ4v) is 2.85. The molecule has 110 valence electrons. The van der Waals surface area contributed by atoms with Gasteiger partial charge in [0.1, 0.15) is 5.82 Å². The minimum atomic E-state index is -0.474. The summed E-state index contributed by atoms with van der Waals surface area (Å²) >= 11 is 9.12. The molecule has 0 unspecified atom stereocenters. The van der Waals surface area contributed by atoms with Crippen molar-refractivity contribution in [1.82, 2.24) is 0 Å². The zero-order valence-electron chi connectivity index (χ0n) is 11.0. The monoisotopic (exact) mass is 370 g/mol. The Bertz CT molecular complexity index is 655. The molecule has 1 amide bonds. The largest absolute Gasteiger partial charge is 0.326 e. The summed E-state index contributed by atoms with van der Waals surface area (Å²) in [6, 6.07) is 9.84. The third-order valence-electron chi connectivity index (χ3n) is 2.96. The molecule has 2 rings (SSSR count). The number of hydrogen-bond donors (Lipinski definition) is 2. The molecule has 0 aliphatic rings. The smallest absolute Gasteiger partial charge is 0.228 e. The zero-order chi connectivity index (χ0) is 15.4. The molecule has 0 radical (unpaired) electrons. The van der Waals surface area contributed by atoms with Crippen LogP contribution in [0.3, 0.4) is 0 Å². The van der Waals surface area contributed by atoms with E-state index in [0.717, 1.165) is 17.2 Å². The second-order valence-corrected chi connectivity index (χ2v) is 5.70. The first-order valence-electron chi connectivity index (χ1n) is 6.22. The number of nitrogens with one attached hydrogen (secondary N) is 1. The van der Waals surface area contributed by atoms with E-state index in [1.807, 2.05) is 24.3 Å². The maximum atomic E-state index is 13.2. The van der Waals surface area contributed by atoms with Gasteiger partial charge < -0.3 is 11.1 Å². The number of nitrogens with two attached hydrogens (primary N) is 1. The first-order chi connectivity index (χ1) is 10.0. The lowest BCUT2D eigenvalue weighted by molar-refractivity contribution is -0.115. The Kier molecular flexibility index (Phi) is 5.33. The van der Waals surface area contributed by atoms with Gasteiger partial charge >= 0.3 is 0 Å². The molecule has 2 aromatic rings. The highest BCUT2D eigenvalue weighted by Gasteiger charge is 2.13. The normalized spacial score (nSPS) is 10.5. The van der Waals surface area contributed by atoms with E-state index < -0.39 is 5.82 Å². The maximum Gasteiger partial charge on any atom is 0.228 e. The van der Waals surface area contributed by atoms with Crippen LogP contribution in [0.4, 0.5) is 10.1 Å². The molecule has 0 aliphatic carbocycles. The van der Waals surface area contributed by atoms with Gasteiger partial charge in [-0.05, 0) is 39.2 Å². The predicted octanol–water partition coefficient (Wildman–Crippen LogP) is 3.88. The van der Waals surface area contributed by atoms with E-state index in [1.165, 1.54) is 6.07 Å². The third-order valence-corrected chi connectivity index (χ3v) is 3.88. The van der Waals surface area contributed by atoms with Gasteiger partial charge in [-0.15, -0.1) is 0 Å². The molecule has 0 aliphatic heterocycles. The summed E-state index contributed by atoms with van der Waals surface area (Å²) in [6.45, 7) is 0.366. The van der Waals surface area contributed by atoms with Gasteiger partial charge in [-0.3, -0.25) is 4.79 Å². The standard InChI is InChI=1S/C15H13BrClFN2O/c16-12-6-11(18)7-13(17)15(12)20-14(21)5-9-3-1-2-4-10(9)8-19/h1-4,6-7H,5,8,19H2,(H,20,21). The Balaban J connectivity index is 2.16. The minimum absolute atomic E-state index is 0.141. The molecule has 6 heteroatoms. The van der Waals surface area contributed by atoms with E-state index in [9.17, 15) is 9.18 Å². The quantitative estimate of drug-likeness (QED) is 0.857. The number of halogens is 3. The van der Waals surface area contributed by atoms with Crippen LogP contribution in [0.1, 0.15) is 11.1 Å². The molecule has 3 N–H and O–H groups in total. The van der Waals surface area contributed by atoms with E-state index in [-0.39, 0.29) is 17.4 Å². The van der Waals surface area contributed by atoms with Gasteiger partial charge in [0.15, 0.2) is 0 Å². The average Bonchev–Trinajstić information content (AvgIpc) is 2.43. The van der Waals surface area contributed by atoms with Crippen LogP contribution in [0.25, 0.3) is 0 Å². The van der Waals surface area contributed by atoms with Crippen LogP contribution in [0.2, 0.25) is 5.02 Å². The molecule has 0 atom stereocenters. The lowest BCUT2D eigenvalue weighted by Crippen LogP contribution is -2.16. The molecule has 3 nitrogen and oxygen atoms in total. The van der Waals surface area contributed by atoms with Crippen molar-refractivity contribution in [3.63, 3.8) is 0 Å². The number of hydrogen-bond acceptors (Lipinski definition) is 2. The number of carbonyl (C=O) groups is 1. The molecule has 2 aromatic carbocycles. The molecule has 0 heterocycles. The minimum Gasteiger partial charge on any atom is -0.326 e. The highest BCUT2D eigenvalue weighted by atomic mass is 79.9. The number of carbonyl (C=O) groups excluding carboxylic acids is 1. The van der Waals surface area contributed by atoms with Gasteiger partial charge in [-0.1, -0.05) is 35.9 Å². The van der Waals surface area contributed by atoms with Crippen molar-refractivity contribution < 1.29 is 9.18 Å². The van der Waals surface area contributed by atoms with E-state index >= 15 is 0 Å². The van der Waals surface area contributed by atoms with Crippen LogP contribution >= 0.6 is 27.5 Å². The van der Waals surface area contributed by atoms with E-state index in [4.69, 9.17) is 17.3 Å². The lowest BCUT2D eigenvalue weighted by Gasteiger charge is -2.11. The fraction of sp³-hybridized carbons (Fsp3) is 0.133. The second-order valence-electron chi connectivity index (χ2n) is 4.44. The highest BCUT2D eigenvalue weighted by molar-refractivity contribution is 9.10. The van der Waals surface area contributed by atoms with Crippen LogP contribution in [0, 0.1) is 5.82 Å². The molecule has 0 aromatic heterocycles. The van der Waals surface area contributed by atoms with Crippen LogP contribution in [0.15, 0.2) is 40.9 Å². The van der Waals surface area contributed by atoms with Gasteiger partial charge in [0.05, 0.1) is 17.1 Å². The summed E-state index contributed by atoms with van der Waals surface area (Å²) in [5.74, 6) is -0.719. The summed E-state index contributed by atoms with van der Waals surface area (Å²) < 4.78 is 13.5. The van der Waals surface area contributed by atoms with E-state index in [1.54, 1.807) is 0 Å². The number of benzene rings is 2.